The van der Waals surface area contributed by atoms with Crippen molar-refractivity contribution in [1.82, 2.24) is 10.2 Å². The van der Waals surface area contributed by atoms with Crippen molar-refractivity contribution < 1.29 is 27.6 Å². The summed E-state index contributed by atoms with van der Waals surface area (Å²) in [6.45, 7) is 5.00. The highest BCUT2D eigenvalue weighted by atomic mass is 19.4. The van der Waals surface area contributed by atoms with Gasteiger partial charge in [0.2, 0.25) is 11.8 Å². The molecule has 1 aromatic carbocycles. The Labute approximate surface area is 167 Å². The van der Waals surface area contributed by atoms with Crippen LogP contribution in [0.3, 0.4) is 0 Å². The average molecular weight is 413 g/mol. The van der Waals surface area contributed by atoms with Crippen molar-refractivity contribution in [2.45, 2.75) is 39.8 Å². The molecule has 29 heavy (non-hydrogen) atoms. The lowest BCUT2D eigenvalue weighted by molar-refractivity contribution is -0.142. The minimum Gasteiger partial charge on any atom is -0.343 e. The number of carbonyl (C=O) groups is 3. The summed E-state index contributed by atoms with van der Waals surface area (Å²) in [7, 11) is 0. The molecule has 0 saturated carbocycles. The van der Waals surface area contributed by atoms with Gasteiger partial charge >= 0.3 is 6.18 Å². The van der Waals surface area contributed by atoms with Gasteiger partial charge in [0.15, 0.2) is 0 Å². The molecule has 9 heteroatoms. The van der Waals surface area contributed by atoms with Crippen LogP contribution in [0.4, 0.5) is 18.9 Å². The number of amides is 3. The second-order valence-corrected chi connectivity index (χ2v) is 8.15. The van der Waals surface area contributed by atoms with Crippen LogP contribution >= 0.6 is 0 Å². The number of piperidine rings is 1. The van der Waals surface area contributed by atoms with Gasteiger partial charge < -0.3 is 15.5 Å². The maximum absolute atomic E-state index is 12.6. The topological polar surface area (TPSA) is 78.5 Å². The molecular weight excluding hydrogens is 387 g/mol. The second kappa shape index (κ2) is 8.84. The molecule has 0 atom stereocenters. The van der Waals surface area contributed by atoms with Crippen LogP contribution in [0.5, 0.6) is 0 Å². The van der Waals surface area contributed by atoms with Crippen molar-refractivity contribution in [2.24, 2.45) is 11.3 Å². The van der Waals surface area contributed by atoms with Crippen molar-refractivity contribution in [3.63, 3.8) is 0 Å². The quantitative estimate of drug-likeness (QED) is 0.796. The zero-order valence-corrected chi connectivity index (χ0v) is 16.7. The fourth-order valence-electron chi connectivity index (χ4n) is 3.12. The number of nitrogens with zero attached hydrogens (tertiary/aromatic N) is 1. The Balaban J connectivity index is 1.98. The fourth-order valence-corrected chi connectivity index (χ4v) is 3.12. The van der Waals surface area contributed by atoms with E-state index in [9.17, 15) is 27.6 Å². The number of benzene rings is 1. The van der Waals surface area contributed by atoms with E-state index < -0.39 is 24.0 Å². The molecule has 0 unspecified atom stereocenters. The molecule has 0 bridgehead atoms. The predicted molar refractivity (Wildman–Crippen MR) is 102 cm³/mol. The number of anilines is 1. The van der Waals surface area contributed by atoms with Gasteiger partial charge in [-0.05, 0) is 25.0 Å². The van der Waals surface area contributed by atoms with Gasteiger partial charge in [-0.25, -0.2) is 0 Å². The third-order valence-electron chi connectivity index (χ3n) is 4.67. The molecule has 2 N–H and O–H groups in total. The predicted octanol–water partition coefficient (Wildman–Crippen LogP) is 3.20. The highest BCUT2D eigenvalue weighted by Gasteiger charge is 2.33. The number of alkyl halides is 3. The Hall–Kier alpha value is -2.58. The molecule has 1 aromatic rings. The molecule has 2 rings (SSSR count). The maximum atomic E-state index is 12.6. The number of halogens is 3. The van der Waals surface area contributed by atoms with E-state index in [4.69, 9.17) is 0 Å². The normalized spacial score (nSPS) is 15.7. The zero-order chi connectivity index (χ0) is 21.8. The highest BCUT2D eigenvalue weighted by Crippen LogP contribution is 2.25. The van der Waals surface area contributed by atoms with E-state index in [1.807, 2.05) is 20.8 Å². The first-order chi connectivity index (χ1) is 13.4. The van der Waals surface area contributed by atoms with Crippen LogP contribution in [0, 0.1) is 11.3 Å². The summed E-state index contributed by atoms with van der Waals surface area (Å²) in [5.74, 6) is -1.54. The van der Waals surface area contributed by atoms with Gasteiger partial charge in [-0.1, -0.05) is 32.9 Å². The largest absolute Gasteiger partial charge is 0.405 e. The van der Waals surface area contributed by atoms with E-state index in [0.29, 0.717) is 25.9 Å². The van der Waals surface area contributed by atoms with Crippen LogP contribution < -0.4 is 10.6 Å². The molecule has 1 aliphatic heterocycles. The number of nitrogens with one attached hydrogen (secondary N) is 2. The van der Waals surface area contributed by atoms with Crippen LogP contribution in [0.2, 0.25) is 0 Å². The van der Waals surface area contributed by atoms with E-state index in [2.05, 4.69) is 5.32 Å². The Morgan fingerprint density at radius 3 is 2.21 bits per heavy atom. The molecule has 0 aromatic heterocycles. The number of hydrogen-bond donors (Lipinski definition) is 2. The van der Waals surface area contributed by atoms with E-state index >= 15 is 0 Å². The van der Waals surface area contributed by atoms with Crippen molar-refractivity contribution in [3.8, 4) is 0 Å². The van der Waals surface area contributed by atoms with Gasteiger partial charge in [-0.3, -0.25) is 14.4 Å². The van der Waals surface area contributed by atoms with Crippen molar-refractivity contribution in [1.29, 1.82) is 0 Å². The Morgan fingerprint density at radius 2 is 1.66 bits per heavy atom. The minimum atomic E-state index is -4.52. The molecular formula is C20H26F3N3O3. The summed E-state index contributed by atoms with van der Waals surface area (Å²) in [5, 5.41) is 4.45. The second-order valence-electron chi connectivity index (χ2n) is 8.15. The molecule has 1 heterocycles. The molecule has 1 aliphatic rings. The lowest BCUT2D eigenvalue weighted by Crippen LogP contribution is -2.45. The van der Waals surface area contributed by atoms with Crippen molar-refractivity contribution >= 4 is 23.4 Å². The molecule has 3 amide bonds. The van der Waals surface area contributed by atoms with Gasteiger partial charge in [-0.15, -0.1) is 0 Å². The first kappa shape index (κ1) is 22.7. The summed E-state index contributed by atoms with van der Waals surface area (Å²) >= 11 is 0. The SMILES string of the molecule is CC(C)(C)C(=O)N1CCC(C(=O)Nc2ccccc2C(=O)NCC(F)(F)F)CC1. The standard InChI is InChI=1S/C20H26F3N3O3/c1-19(2,3)18(29)26-10-8-13(9-11-26)16(27)25-15-7-5-4-6-14(15)17(28)24-12-20(21,22)23/h4-7,13H,8-12H2,1-3H3,(H,24,28)(H,25,27). The summed E-state index contributed by atoms with van der Waals surface area (Å²) in [5.41, 5.74) is -0.367. The first-order valence-electron chi connectivity index (χ1n) is 9.43. The van der Waals surface area contributed by atoms with Crippen LogP contribution in [0.25, 0.3) is 0 Å². The lowest BCUT2D eigenvalue weighted by Gasteiger charge is -2.35. The molecule has 0 aliphatic carbocycles. The van der Waals surface area contributed by atoms with E-state index in [1.54, 1.807) is 16.3 Å². The molecule has 0 radical (unpaired) electrons. The molecule has 0 spiro atoms. The Kier molecular flexibility index (Phi) is 6.92. The van der Waals surface area contributed by atoms with Gasteiger partial charge in [0.05, 0.1) is 11.3 Å². The van der Waals surface area contributed by atoms with Crippen molar-refractivity contribution in [2.75, 3.05) is 25.0 Å². The summed E-state index contributed by atoms with van der Waals surface area (Å²) < 4.78 is 37.0. The zero-order valence-electron chi connectivity index (χ0n) is 16.7. The number of rotatable bonds is 4. The third kappa shape index (κ3) is 6.47. The maximum Gasteiger partial charge on any atom is 0.405 e. The van der Waals surface area contributed by atoms with Crippen LogP contribution in [-0.4, -0.2) is 48.4 Å². The minimum absolute atomic E-state index is 0.0306. The third-order valence-corrected chi connectivity index (χ3v) is 4.67. The van der Waals surface area contributed by atoms with E-state index in [0.717, 1.165) is 0 Å². The van der Waals surface area contributed by atoms with E-state index in [1.165, 1.54) is 18.2 Å². The van der Waals surface area contributed by atoms with E-state index in [-0.39, 0.29) is 29.0 Å². The van der Waals surface area contributed by atoms with Gasteiger partial charge in [0.25, 0.3) is 5.91 Å². The smallest absolute Gasteiger partial charge is 0.343 e. The monoisotopic (exact) mass is 413 g/mol. The molecule has 1 fully saturated rings. The lowest BCUT2D eigenvalue weighted by atomic mass is 9.90. The molecule has 1 saturated heterocycles. The summed E-state index contributed by atoms with van der Waals surface area (Å²) in [6, 6.07) is 5.92. The molecule has 6 nitrogen and oxygen atoms in total. The van der Waals surface area contributed by atoms with Gasteiger partial charge in [0.1, 0.15) is 6.54 Å². The highest BCUT2D eigenvalue weighted by molar-refractivity contribution is 6.04. The average Bonchev–Trinajstić information content (AvgIpc) is 2.64. The number of para-hydroxylation sites is 1. The van der Waals surface area contributed by atoms with Gasteiger partial charge in [0, 0.05) is 24.4 Å². The Bertz CT molecular complexity index is 764. The number of likely N-dealkylation sites (tertiary alicyclic amines) is 1. The van der Waals surface area contributed by atoms with Crippen LogP contribution in [0.15, 0.2) is 24.3 Å². The summed E-state index contributed by atoms with van der Waals surface area (Å²) in [6.07, 6.45) is -3.56. The molecule has 160 valence electrons. The summed E-state index contributed by atoms with van der Waals surface area (Å²) in [4.78, 5) is 38.8. The van der Waals surface area contributed by atoms with Crippen LogP contribution in [0.1, 0.15) is 44.0 Å². The van der Waals surface area contributed by atoms with Crippen molar-refractivity contribution in [3.05, 3.63) is 29.8 Å². The number of carbonyl (C=O) groups excluding carboxylic acids is 3. The first-order valence-corrected chi connectivity index (χ1v) is 9.43. The fraction of sp³-hybridized carbons (Fsp3) is 0.550. The number of hydrogen-bond acceptors (Lipinski definition) is 3. The van der Waals surface area contributed by atoms with Gasteiger partial charge in [-0.2, -0.15) is 13.2 Å². The van der Waals surface area contributed by atoms with Crippen LogP contribution in [-0.2, 0) is 9.59 Å². The Morgan fingerprint density at radius 1 is 1.07 bits per heavy atom.